The molecule has 0 aliphatic carbocycles. The van der Waals surface area contributed by atoms with Crippen molar-refractivity contribution in [1.29, 1.82) is 0 Å². The van der Waals surface area contributed by atoms with Crippen LogP contribution in [-0.2, 0) is 9.84 Å². The maximum Gasteiger partial charge on any atom is 0.147 e. The highest BCUT2D eigenvalue weighted by Crippen LogP contribution is 2.25. The van der Waals surface area contributed by atoms with Gasteiger partial charge in [0.1, 0.15) is 21.4 Å². The van der Waals surface area contributed by atoms with Crippen molar-refractivity contribution >= 4 is 9.84 Å². The molecule has 0 amide bonds. The summed E-state index contributed by atoms with van der Waals surface area (Å²) in [7, 11) is -2.87. The largest absolute Gasteiger partial charge is 0.466 e. The van der Waals surface area contributed by atoms with Gasteiger partial charge in [0.2, 0.25) is 0 Å². The fourth-order valence-electron chi connectivity index (χ4n) is 2.16. The molecular weight excluding hydrogens is 250 g/mol. The van der Waals surface area contributed by atoms with Gasteiger partial charge in [-0.25, -0.2) is 8.42 Å². The minimum Gasteiger partial charge on any atom is -0.466 e. The van der Waals surface area contributed by atoms with Gasteiger partial charge in [-0.2, -0.15) is 0 Å². The Morgan fingerprint density at radius 2 is 2.06 bits per heavy atom. The fourth-order valence-corrected chi connectivity index (χ4v) is 2.85. The molecule has 0 spiro atoms. The SMILES string of the molecule is CCNC(CCCS(C)(=O)=O)c1cc(C)oc1C. The van der Waals surface area contributed by atoms with Crippen molar-refractivity contribution in [1.82, 2.24) is 5.32 Å². The van der Waals surface area contributed by atoms with Crippen LogP contribution in [-0.4, -0.2) is 27.0 Å². The molecule has 4 nitrogen and oxygen atoms in total. The van der Waals surface area contributed by atoms with Gasteiger partial charge >= 0.3 is 0 Å². The molecule has 1 heterocycles. The fraction of sp³-hybridized carbons (Fsp3) is 0.692. The Balaban J connectivity index is 2.68. The third-order valence-corrected chi connectivity index (χ3v) is 3.94. The molecule has 0 aromatic carbocycles. The van der Waals surface area contributed by atoms with Crippen LogP contribution in [0.25, 0.3) is 0 Å². The lowest BCUT2D eigenvalue weighted by Crippen LogP contribution is -2.22. The Morgan fingerprint density at radius 1 is 1.39 bits per heavy atom. The summed E-state index contributed by atoms with van der Waals surface area (Å²) >= 11 is 0. The smallest absolute Gasteiger partial charge is 0.147 e. The molecule has 1 N–H and O–H groups in total. The van der Waals surface area contributed by atoms with Crippen LogP contribution in [0.5, 0.6) is 0 Å². The van der Waals surface area contributed by atoms with Crippen LogP contribution in [0.3, 0.4) is 0 Å². The van der Waals surface area contributed by atoms with Crippen LogP contribution >= 0.6 is 0 Å². The van der Waals surface area contributed by atoms with Gasteiger partial charge in [-0.15, -0.1) is 0 Å². The summed E-state index contributed by atoms with van der Waals surface area (Å²) in [4.78, 5) is 0. The predicted molar refractivity (Wildman–Crippen MR) is 73.5 cm³/mol. The first-order valence-electron chi connectivity index (χ1n) is 6.31. The molecule has 1 atom stereocenters. The molecule has 5 heteroatoms. The van der Waals surface area contributed by atoms with E-state index in [1.54, 1.807) is 0 Å². The van der Waals surface area contributed by atoms with E-state index in [4.69, 9.17) is 4.42 Å². The molecule has 0 bridgehead atoms. The average molecular weight is 273 g/mol. The normalized spacial score (nSPS) is 13.8. The van der Waals surface area contributed by atoms with Crippen LogP contribution < -0.4 is 5.32 Å². The summed E-state index contributed by atoms with van der Waals surface area (Å²) in [5, 5.41) is 3.38. The third-order valence-electron chi connectivity index (χ3n) is 2.91. The van der Waals surface area contributed by atoms with Crippen molar-refractivity contribution < 1.29 is 12.8 Å². The van der Waals surface area contributed by atoms with E-state index in [1.165, 1.54) is 6.26 Å². The maximum atomic E-state index is 11.1. The second kappa shape index (κ2) is 6.38. The Bertz CT molecular complexity index is 476. The van der Waals surface area contributed by atoms with Crippen molar-refractivity contribution in [3.05, 3.63) is 23.2 Å². The lowest BCUT2D eigenvalue weighted by atomic mass is 10.0. The summed E-state index contributed by atoms with van der Waals surface area (Å²) in [6.07, 6.45) is 2.75. The molecule has 0 saturated carbocycles. The molecule has 1 aromatic rings. The molecule has 0 fully saturated rings. The quantitative estimate of drug-likeness (QED) is 0.828. The molecule has 1 unspecified atom stereocenters. The molecule has 104 valence electrons. The van der Waals surface area contributed by atoms with Crippen LogP contribution in [0.15, 0.2) is 10.5 Å². The molecule has 1 aromatic heterocycles. The highest BCUT2D eigenvalue weighted by molar-refractivity contribution is 7.90. The van der Waals surface area contributed by atoms with E-state index < -0.39 is 9.84 Å². The van der Waals surface area contributed by atoms with Crippen LogP contribution in [0, 0.1) is 13.8 Å². The Kier molecular flexibility index (Phi) is 5.41. The maximum absolute atomic E-state index is 11.1. The van der Waals surface area contributed by atoms with E-state index in [-0.39, 0.29) is 11.8 Å². The first-order valence-corrected chi connectivity index (χ1v) is 8.37. The van der Waals surface area contributed by atoms with E-state index >= 15 is 0 Å². The minimum atomic E-state index is -2.87. The van der Waals surface area contributed by atoms with Crippen molar-refractivity contribution in [2.24, 2.45) is 0 Å². The molecule has 1 rings (SSSR count). The Hall–Kier alpha value is -0.810. The summed E-state index contributed by atoms with van der Waals surface area (Å²) < 4.78 is 27.8. The van der Waals surface area contributed by atoms with Gasteiger partial charge in [0.05, 0.1) is 0 Å². The van der Waals surface area contributed by atoms with Crippen LogP contribution in [0.1, 0.15) is 42.9 Å². The van der Waals surface area contributed by atoms with Gasteiger partial charge in [0.15, 0.2) is 0 Å². The number of nitrogens with one attached hydrogen (secondary N) is 1. The van der Waals surface area contributed by atoms with E-state index in [0.717, 1.165) is 30.0 Å². The standard InChI is InChI=1S/C13H23NO3S/c1-5-14-13(7-6-8-18(4,15)16)12-9-10(2)17-11(12)3/h9,13-14H,5-8H2,1-4H3. The molecule has 0 radical (unpaired) electrons. The summed E-state index contributed by atoms with van der Waals surface area (Å²) in [6, 6.07) is 2.21. The minimum absolute atomic E-state index is 0.175. The molecule has 0 aliphatic heterocycles. The summed E-state index contributed by atoms with van der Waals surface area (Å²) in [5.41, 5.74) is 1.14. The van der Waals surface area contributed by atoms with Crippen molar-refractivity contribution in [2.75, 3.05) is 18.6 Å². The van der Waals surface area contributed by atoms with Crippen molar-refractivity contribution in [3.8, 4) is 0 Å². The zero-order valence-electron chi connectivity index (χ0n) is 11.6. The van der Waals surface area contributed by atoms with E-state index in [2.05, 4.69) is 5.32 Å². The average Bonchev–Trinajstić information content (AvgIpc) is 2.55. The van der Waals surface area contributed by atoms with Gasteiger partial charge in [0.25, 0.3) is 0 Å². The Morgan fingerprint density at radius 3 is 2.50 bits per heavy atom. The van der Waals surface area contributed by atoms with Crippen LogP contribution in [0.2, 0.25) is 0 Å². The monoisotopic (exact) mass is 273 g/mol. The number of hydrogen-bond donors (Lipinski definition) is 1. The van der Waals surface area contributed by atoms with Gasteiger partial charge < -0.3 is 9.73 Å². The second-order valence-electron chi connectivity index (χ2n) is 4.75. The molecule has 18 heavy (non-hydrogen) atoms. The lowest BCUT2D eigenvalue weighted by molar-refractivity contribution is 0.472. The third kappa shape index (κ3) is 4.82. The highest BCUT2D eigenvalue weighted by Gasteiger charge is 2.16. The first kappa shape index (κ1) is 15.2. The van der Waals surface area contributed by atoms with Gasteiger partial charge in [0, 0.05) is 23.6 Å². The number of furan rings is 1. The van der Waals surface area contributed by atoms with E-state index in [9.17, 15) is 8.42 Å². The summed E-state index contributed by atoms with van der Waals surface area (Å²) in [6.45, 7) is 6.78. The highest BCUT2D eigenvalue weighted by atomic mass is 32.2. The first-order chi connectivity index (χ1) is 8.33. The van der Waals surface area contributed by atoms with E-state index in [1.807, 2.05) is 26.8 Å². The topological polar surface area (TPSA) is 59.3 Å². The van der Waals surface area contributed by atoms with Gasteiger partial charge in [-0.05, 0) is 39.3 Å². The lowest BCUT2D eigenvalue weighted by Gasteiger charge is -2.17. The number of rotatable bonds is 7. The molecule has 0 aliphatic rings. The van der Waals surface area contributed by atoms with E-state index in [0.29, 0.717) is 6.42 Å². The number of hydrogen-bond acceptors (Lipinski definition) is 4. The number of sulfone groups is 1. The Labute approximate surface area is 110 Å². The number of aryl methyl sites for hydroxylation is 2. The van der Waals surface area contributed by atoms with Crippen molar-refractivity contribution in [3.63, 3.8) is 0 Å². The van der Waals surface area contributed by atoms with Crippen LogP contribution in [0.4, 0.5) is 0 Å². The molecular formula is C13H23NO3S. The zero-order valence-corrected chi connectivity index (χ0v) is 12.4. The summed E-state index contributed by atoms with van der Waals surface area (Å²) in [5.74, 6) is 2.05. The predicted octanol–water partition coefficient (Wildman–Crippen LogP) is 2.37. The zero-order chi connectivity index (χ0) is 13.8. The van der Waals surface area contributed by atoms with Gasteiger partial charge in [-0.1, -0.05) is 6.92 Å². The second-order valence-corrected chi connectivity index (χ2v) is 7.01. The molecule has 0 saturated heterocycles. The van der Waals surface area contributed by atoms with Gasteiger partial charge in [-0.3, -0.25) is 0 Å². The van der Waals surface area contributed by atoms with Crippen molar-refractivity contribution in [2.45, 2.75) is 39.7 Å².